The largest absolute Gasteiger partial charge is 0.586 e. The topological polar surface area (TPSA) is 96.7 Å². The lowest BCUT2D eigenvalue weighted by atomic mass is 9.83. The zero-order chi connectivity index (χ0) is 29.5. The summed E-state index contributed by atoms with van der Waals surface area (Å²) in [6.45, 7) is 7.17. The molecule has 2 aromatic carbocycles. The minimum atomic E-state index is -3.73. The van der Waals surface area contributed by atoms with Gasteiger partial charge in [-0.25, -0.2) is 4.98 Å². The molecular formula is C31H32F2N4O5. The molecule has 6 rings (SSSR count). The molecule has 1 N–H and O–H groups in total. The zero-order valence-electron chi connectivity index (χ0n) is 23.7. The average molecular weight is 579 g/mol. The molecule has 2 aliphatic heterocycles. The predicted molar refractivity (Wildman–Crippen MR) is 152 cm³/mol. The summed E-state index contributed by atoms with van der Waals surface area (Å²) < 4.78 is 49.5. The monoisotopic (exact) mass is 578 g/mol. The molecule has 2 aliphatic rings. The predicted octanol–water partition coefficient (Wildman–Crippen LogP) is 6.19. The van der Waals surface area contributed by atoms with Gasteiger partial charge in [0.1, 0.15) is 5.82 Å². The Morgan fingerprint density at radius 1 is 1.12 bits per heavy atom. The summed E-state index contributed by atoms with van der Waals surface area (Å²) in [4.78, 5) is 18.2. The molecule has 0 spiro atoms. The number of carbonyl (C=O) groups is 1. The van der Waals surface area contributed by atoms with E-state index in [2.05, 4.69) is 19.9 Å². The van der Waals surface area contributed by atoms with E-state index in [9.17, 15) is 13.6 Å². The highest BCUT2D eigenvalue weighted by atomic mass is 19.3. The van der Waals surface area contributed by atoms with Crippen LogP contribution in [0.15, 0.2) is 54.7 Å². The van der Waals surface area contributed by atoms with Crippen molar-refractivity contribution >= 4 is 22.6 Å². The van der Waals surface area contributed by atoms with E-state index in [-0.39, 0.29) is 23.7 Å². The molecule has 220 valence electrons. The second-order valence-electron chi connectivity index (χ2n) is 11.1. The molecule has 0 saturated carbocycles. The number of anilines is 1. The van der Waals surface area contributed by atoms with Crippen molar-refractivity contribution in [2.75, 3.05) is 18.5 Å². The first-order valence-corrected chi connectivity index (χ1v) is 14.0. The van der Waals surface area contributed by atoms with Gasteiger partial charge in [0.15, 0.2) is 17.8 Å². The number of pyridine rings is 1. The minimum absolute atomic E-state index is 0.0751. The van der Waals surface area contributed by atoms with Crippen molar-refractivity contribution in [2.24, 2.45) is 0 Å². The van der Waals surface area contributed by atoms with Crippen LogP contribution < -0.4 is 14.8 Å². The Kier molecular flexibility index (Phi) is 7.32. The normalized spacial score (nSPS) is 17.9. The van der Waals surface area contributed by atoms with Crippen molar-refractivity contribution in [2.45, 2.75) is 64.6 Å². The lowest BCUT2D eigenvalue weighted by Gasteiger charge is -2.24. The van der Waals surface area contributed by atoms with E-state index in [4.69, 9.17) is 14.5 Å². The van der Waals surface area contributed by atoms with Gasteiger partial charge < -0.3 is 24.3 Å². The van der Waals surface area contributed by atoms with Crippen LogP contribution in [0.2, 0.25) is 0 Å². The minimum Gasteiger partial charge on any atom is -0.395 e. The summed E-state index contributed by atoms with van der Waals surface area (Å²) in [5.74, 6) is -0.173. The maximum absolute atomic E-state index is 13.5. The number of amides is 1. The van der Waals surface area contributed by atoms with E-state index in [1.807, 2.05) is 42.1 Å². The summed E-state index contributed by atoms with van der Waals surface area (Å²) in [5.41, 5.74) is 2.89. The molecule has 1 atom stereocenters. The van der Waals surface area contributed by atoms with Gasteiger partial charge in [-0.1, -0.05) is 24.3 Å². The number of aromatic nitrogens is 3. The average Bonchev–Trinajstić information content (AvgIpc) is 3.52. The van der Waals surface area contributed by atoms with Crippen molar-refractivity contribution in [3.63, 3.8) is 0 Å². The molecule has 1 fully saturated rings. The number of rotatable bonds is 8. The lowest BCUT2D eigenvalue weighted by molar-refractivity contribution is -0.286. The number of fused-ring (bicyclic) bond motifs is 2. The van der Waals surface area contributed by atoms with E-state index in [1.165, 1.54) is 12.1 Å². The van der Waals surface area contributed by atoms with Crippen molar-refractivity contribution in [3.8, 4) is 22.8 Å². The molecule has 1 unspecified atom stereocenters. The standard InChI is InChI=1S/C31H32F2N4O5/c1-19-7-12-26(36-29(38)30(2,3)22-10-11-24-25(17-22)42-31(32,33)41-24)35-28(19)20-8-9-21-18-34-37(23(21)16-20)13-15-40-27-6-4-5-14-39-27/h7-12,16-18,27H,4-6,13-15H2,1-3H3,(H,35,36,38). The Bertz CT molecular complexity index is 1630. The summed E-state index contributed by atoms with van der Waals surface area (Å²) in [6.07, 6.45) is 1.05. The number of hydrogen-bond donors (Lipinski definition) is 1. The van der Waals surface area contributed by atoms with Gasteiger partial charge >= 0.3 is 6.29 Å². The quantitative estimate of drug-likeness (QED) is 0.266. The van der Waals surface area contributed by atoms with E-state index < -0.39 is 11.7 Å². The Labute approximate surface area is 241 Å². The van der Waals surface area contributed by atoms with Gasteiger partial charge in [0.25, 0.3) is 0 Å². The fraction of sp³-hybridized carbons (Fsp3) is 0.387. The van der Waals surface area contributed by atoms with Gasteiger partial charge in [-0.3, -0.25) is 9.48 Å². The molecule has 1 saturated heterocycles. The first kappa shape index (κ1) is 28.0. The molecule has 11 heteroatoms. The van der Waals surface area contributed by atoms with Crippen LogP contribution in [0, 0.1) is 6.92 Å². The lowest BCUT2D eigenvalue weighted by Crippen LogP contribution is -2.35. The molecule has 4 heterocycles. The Morgan fingerprint density at radius 2 is 1.95 bits per heavy atom. The number of ether oxygens (including phenoxy) is 4. The van der Waals surface area contributed by atoms with Crippen LogP contribution in [0.3, 0.4) is 0 Å². The van der Waals surface area contributed by atoms with Crippen molar-refractivity contribution in [1.29, 1.82) is 0 Å². The van der Waals surface area contributed by atoms with Crippen LogP contribution in [0.1, 0.15) is 44.2 Å². The van der Waals surface area contributed by atoms with Gasteiger partial charge in [0, 0.05) is 17.6 Å². The number of halogens is 2. The number of carbonyl (C=O) groups excluding carboxylic acids is 1. The van der Waals surface area contributed by atoms with E-state index in [1.54, 1.807) is 26.0 Å². The van der Waals surface area contributed by atoms with Crippen molar-refractivity contribution < 1.29 is 32.5 Å². The van der Waals surface area contributed by atoms with Crippen LogP contribution in [0.25, 0.3) is 22.2 Å². The summed E-state index contributed by atoms with van der Waals surface area (Å²) in [5, 5.41) is 8.42. The maximum Gasteiger partial charge on any atom is 0.586 e. The molecule has 0 aliphatic carbocycles. The molecule has 9 nitrogen and oxygen atoms in total. The Hall–Kier alpha value is -4.09. The number of benzene rings is 2. The molecule has 42 heavy (non-hydrogen) atoms. The number of aryl methyl sites for hydroxylation is 1. The zero-order valence-corrected chi connectivity index (χ0v) is 23.7. The van der Waals surface area contributed by atoms with Gasteiger partial charge in [0.05, 0.1) is 36.0 Å². The van der Waals surface area contributed by atoms with Gasteiger partial charge in [-0.05, 0) is 75.4 Å². The second kappa shape index (κ2) is 11.0. The molecule has 0 radical (unpaired) electrons. The van der Waals surface area contributed by atoms with Crippen molar-refractivity contribution in [1.82, 2.24) is 14.8 Å². The van der Waals surface area contributed by atoms with Gasteiger partial charge in [0.2, 0.25) is 5.91 Å². The second-order valence-corrected chi connectivity index (χ2v) is 11.1. The summed E-state index contributed by atoms with van der Waals surface area (Å²) in [7, 11) is 0. The van der Waals surface area contributed by atoms with Crippen LogP contribution >= 0.6 is 0 Å². The Balaban J connectivity index is 1.19. The first-order valence-electron chi connectivity index (χ1n) is 14.0. The van der Waals surface area contributed by atoms with Gasteiger partial charge in [-0.2, -0.15) is 5.10 Å². The fourth-order valence-corrected chi connectivity index (χ4v) is 5.14. The Morgan fingerprint density at radius 3 is 2.76 bits per heavy atom. The fourth-order valence-electron chi connectivity index (χ4n) is 5.14. The highest BCUT2D eigenvalue weighted by Crippen LogP contribution is 2.43. The number of alkyl halides is 2. The smallest absolute Gasteiger partial charge is 0.395 e. The third-order valence-corrected chi connectivity index (χ3v) is 7.69. The molecule has 1 amide bonds. The highest BCUT2D eigenvalue weighted by molar-refractivity contribution is 5.98. The maximum atomic E-state index is 13.5. The first-order chi connectivity index (χ1) is 20.1. The van der Waals surface area contributed by atoms with Crippen LogP contribution in [0.4, 0.5) is 14.6 Å². The van der Waals surface area contributed by atoms with Crippen molar-refractivity contribution in [3.05, 3.63) is 65.9 Å². The number of nitrogens with one attached hydrogen (secondary N) is 1. The molecule has 0 bridgehead atoms. The number of hydrogen-bond acceptors (Lipinski definition) is 7. The molecular weight excluding hydrogens is 546 g/mol. The van der Waals surface area contributed by atoms with E-state index >= 15 is 0 Å². The molecule has 2 aromatic heterocycles. The SMILES string of the molecule is Cc1ccc(NC(=O)C(C)(C)c2ccc3c(c2)OC(F)(F)O3)nc1-c1ccc2cnn(CCOC3CCCCO3)c2c1. The van der Waals surface area contributed by atoms with Crippen LogP contribution in [0.5, 0.6) is 11.5 Å². The summed E-state index contributed by atoms with van der Waals surface area (Å²) in [6, 6.07) is 14.0. The third kappa shape index (κ3) is 5.66. The highest BCUT2D eigenvalue weighted by Gasteiger charge is 2.44. The third-order valence-electron chi connectivity index (χ3n) is 7.69. The number of nitrogens with zero attached hydrogens (tertiary/aromatic N) is 3. The van der Waals surface area contributed by atoms with E-state index in [0.29, 0.717) is 24.5 Å². The van der Waals surface area contributed by atoms with Crippen LogP contribution in [-0.2, 0) is 26.2 Å². The summed E-state index contributed by atoms with van der Waals surface area (Å²) >= 11 is 0. The van der Waals surface area contributed by atoms with Gasteiger partial charge in [-0.15, -0.1) is 8.78 Å². The van der Waals surface area contributed by atoms with Crippen LogP contribution in [-0.4, -0.2) is 46.5 Å². The molecule has 4 aromatic rings. The van der Waals surface area contributed by atoms with E-state index in [0.717, 1.165) is 53.6 Å².